The van der Waals surface area contributed by atoms with E-state index in [1.54, 1.807) is 0 Å². The Balaban J connectivity index is 1.28. The lowest BCUT2D eigenvalue weighted by molar-refractivity contribution is -0.282. The van der Waals surface area contributed by atoms with Crippen molar-refractivity contribution in [2.24, 2.45) is 0 Å². The third-order valence-electron chi connectivity index (χ3n) is 8.18. The van der Waals surface area contributed by atoms with E-state index in [-0.39, 0.29) is 23.7 Å². The number of phenolic OH excluding ortho intramolecular Hbond substituents is 2. The summed E-state index contributed by atoms with van der Waals surface area (Å²) in [6, 6.07) is 23.8. The Morgan fingerprint density at radius 1 is 0.651 bits per heavy atom. The van der Waals surface area contributed by atoms with Gasteiger partial charge in [-0.15, -0.1) is 0 Å². The molecule has 0 amide bonds. The van der Waals surface area contributed by atoms with Crippen LogP contribution in [0.25, 0.3) is 0 Å². The Morgan fingerprint density at radius 2 is 1.05 bits per heavy atom. The molecule has 0 spiro atoms. The van der Waals surface area contributed by atoms with Crippen LogP contribution in [0.4, 0.5) is 0 Å². The summed E-state index contributed by atoms with van der Waals surface area (Å²) in [5.41, 5.74) is 6.21. The molecule has 0 radical (unpaired) electrons. The second-order valence-corrected chi connectivity index (χ2v) is 11.5. The van der Waals surface area contributed by atoms with Gasteiger partial charge in [-0.1, -0.05) is 60.7 Å². The van der Waals surface area contributed by atoms with Crippen LogP contribution < -0.4 is 9.47 Å². The normalized spacial score (nSPS) is 21.1. The lowest BCUT2D eigenvalue weighted by Gasteiger charge is -2.37. The minimum atomic E-state index is -0.905. The maximum Gasteiger partial charge on any atom is 0.191 e. The molecule has 0 saturated carbocycles. The smallest absolute Gasteiger partial charge is 0.191 e. The highest BCUT2D eigenvalue weighted by Gasteiger charge is 2.38. The Hall–Kier alpha value is -4.04. The van der Waals surface area contributed by atoms with Gasteiger partial charge in [0.15, 0.2) is 12.6 Å². The number of hydrogen-bond donors (Lipinski definition) is 2. The van der Waals surface area contributed by atoms with Crippen LogP contribution in [0.15, 0.2) is 72.8 Å². The van der Waals surface area contributed by atoms with Crippen LogP contribution in [-0.4, -0.2) is 22.4 Å². The van der Waals surface area contributed by atoms with E-state index in [9.17, 15) is 10.2 Å². The number of rotatable bonds is 8. The van der Waals surface area contributed by atoms with Gasteiger partial charge >= 0.3 is 0 Å². The number of aromatic hydroxyl groups is 2. The van der Waals surface area contributed by atoms with Crippen molar-refractivity contribution < 1.29 is 33.9 Å². The van der Waals surface area contributed by atoms with E-state index in [1.807, 2.05) is 100 Å². The first-order valence-electron chi connectivity index (χ1n) is 14.8. The highest BCUT2D eigenvalue weighted by Crippen LogP contribution is 2.48. The fraction of sp³-hybridized carbons (Fsp3) is 0.333. The third kappa shape index (κ3) is 6.07. The Kier molecular flexibility index (Phi) is 8.30. The van der Waals surface area contributed by atoms with Gasteiger partial charge in [0.2, 0.25) is 0 Å². The van der Waals surface area contributed by atoms with E-state index >= 15 is 0 Å². The molecule has 7 nitrogen and oxygen atoms in total. The molecule has 4 aromatic rings. The van der Waals surface area contributed by atoms with E-state index < -0.39 is 12.6 Å². The molecule has 4 unspecified atom stereocenters. The minimum Gasteiger partial charge on any atom is -0.507 e. The number of ether oxygens (including phenoxy) is 5. The lowest BCUT2D eigenvalue weighted by Crippen LogP contribution is -2.31. The van der Waals surface area contributed by atoms with Gasteiger partial charge in [-0.3, -0.25) is 0 Å². The average Bonchev–Trinajstić information content (AvgIpc) is 3.00. The second kappa shape index (κ2) is 12.3. The van der Waals surface area contributed by atoms with E-state index in [1.165, 1.54) is 0 Å². The van der Waals surface area contributed by atoms with Crippen molar-refractivity contribution in [1.82, 2.24) is 0 Å². The second-order valence-electron chi connectivity index (χ2n) is 11.5. The van der Waals surface area contributed by atoms with Gasteiger partial charge in [-0.05, 0) is 74.9 Å². The molecule has 0 bridgehead atoms. The summed E-state index contributed by atoms with van der Waals surface area (Å²) >= 11 is 0. The molecular formula is C36H38O7. The van der Waals surface area contributed by atoms with Crippen molar-refractivity contribution in [3.05, 3.63) is 117 Å². The van der Waals surface area contributed by atoms with Crippen molar-refractivity contribution in [1.29, 1.82) is 0 Å². The molecule has 2 aliphatic rings. The molecule has 224 valence electrons. The van der Waals surface area contributed by atoms with Gasteiger partial charge in [0.25, 0.3) is 0 Å². The fourth-order valence-electron chi connectivity index (χ4n) is 5.85. The van der Waals surface area contributed by atoms with Crippen LogP contribution >= 0.6 is 0 Å². The van der Waals surface area contributed by atoms with Crippen LogP contribution in [-0.2, 0) is 40.3 Å². The largest absolute Gasteiger partial charge is 0.507 e. The zero-order valence-electron chi connectivity index (χ0n) is 25.0. The van der Waals surface area contributed by atoms with E-state index in [0.29, 0.717) is 59.8 Å². The summed E-state index contributed by atoms with van der Waals surface area (Å²) in [6.45, 7) is 8.38. The Bertz CT molecular complexity index is 1470. The van der Waals surface area contributed by atoms with Crippen molar-refractivity contribution >= 4 is 0 Å². The molecule has 6 rings (SSSR count). The number of benzene rings is 4. The van der Waals surface area contributed by atoms with Crippen molar-refractivity contribution in [2.75, 3.05) is 0 Å². The molecule has 2 N–H and O–H groups in total. The molecule has 0 aliphatic carbocycles. The molecular weight excluding hydrogens is 544 g/mol. The topological polar surface area (TPSA) is 86.6 Å². The van der Waals surface area contributed by atoms with Gasteiger partial charge in [-0.25, -0.2) is 0 Å². The predicted molar refractivity (Wildman–Crippen MR) is 162 cm³/mol. The first-order chi connectivity index (χ1) is 20.8. The van der Waals surface area contributed by atoms with Gasteiger partial charge in [-0.2, -0.15) is 0 Å². The molecule has 2 heterocycles. The fourth-order valence-corrected chi connectivity index (χ4v) is 5.85. The van der Waals surface area contributed by atoms with Gasteiger partial charge in [0.1, 0.15) is 36.2 Å². The van der Waals surface area contributed by atoms with Crippen molar-refractivity contribution in [3.63, 3.8) is 0 Å². The van der Waals surface area contributed by atoms with Gasteiger partial charge < -0.3 is 33.9 Å². The molecule has 7 heteroatoms. The zero-order chi connectivity index (χ0) is 30.1. The molecule has 4 aromatic carbocycles. The van der Waals surface area contributed by atoms with Gasteiger partial charge in [0.05, 0.1) is 23.3 Å². The maximum atomic E-state index is 11.4. The van der Waals surface area contributed by atoms with E-state index in [0.717, 1.165) is 22.3 Å². The first kappa shape index (κ1) is 29.1. The molecule has 0 fully saturated rings. The molecule has 0 saturated heterocycles. The van der Waals surface area contributed by atoms with E-state index in [4.69, 9.17) is 23.7 Å². The number of fused-ring (bicyclic) bond motifs is 2. The van der Waals surface area contributed by atoms with Crippen LogP contribution in [0.5, 0.6) is 23.0 Å². The summed E-state index contributed by atoms with van der Waals surface area (Å²) in [5, 5.41) is 22.8. The summed E-state index contributed by atoms with van der Waals surface area (Å²) in [4.78, 5) is 0. The van der Waals surface area contributed by atoms with Crippen LogP contribution in [0.2, 0.25) is 0 Å². The number of phenols is 2. The monoisotopic (exact) mass is 582 g/mol. The van der Waals surface area contributed by atoms with Crippen molar-refractivity contribution in [2.45, 2.75) is 78.5 Å². The molecule has 0 aromatic heterocycles. The summed E-state index contributed by atoms with van der Waals surface area (Å²) < 4.78 is 31.2. The quantitative estimate of drug-likeness (QED) is 0.222. The van der Waals surface area contributed by atoms with Crippen molar-refractivity contribution in [3.8, 4) is 23.0 Å². The highest BCUT2D eigenvalue weighted by molar-refractivity contribution is 5.56. The van der Waals surface area contributed by atoms with Crippen LogP contribution in [0.1, 0.15) is 70.9 Å². The SMILES string of the molecule is Cc1c(OCc2ccccc2)cc2c(c1O)C(OC1OC(C)Cc3cc(OCc4ccccc4)c(C)c(O)c31)OC(C)C2. The Labute approximate surface area is 252 Å². The maximum absolute atomic E-state index is 11.4. The standard InChI is InChI=1S/C36H38O7/c1-21-15-27-17-29(39-19-25-11-7-5-8-12-25)23(3)33(37)31(27)35(41-21)43-36-32-28(16-22(2)42-36)18-30(24(4)34(32)38)40-20-26-13-9-6-10-14-26/h5-14,17-18,21-22,35-38H,15-16,19-20H2,1-4H3. The third-order valence-corrected chi connectivity index (χ3v) is 8.18. The Morgan fingerprint density at radius 3 is 1.44 bits per heavy atom. The lowest BCUT2D eigenvalue weighted by atomic mass is 9.93. The summed E-state index contributed by atoms with van der Waals surface area (Å²) in [7, 11) is 0. The molecule has 4 atom stereocenters. The zero-order valence-corrected chi connectivity index (χ0v) is 25.0. The number of hydrogen-bond acceptors (Lipinski definition) is 7. The van der Waals surface area contributed by atoms with Gasteiger partial charge in [0, 0.05) is 11.1 Å². The van der Waals surface area contributed by atoms with E-state index in [2.05, 4.69) is 0 Å². The minimum absolute atomic E-state index is 0.0756. The van der Waals surface area contributed by atoms with Crippen LogP contribution in [0.3, 0.4) is 0 Å². The molecule has 43 heavy (non-hydrogen) atoms. The first-order valence-corrected chi connectivity index (χ1v) is 14.8. The highest BCUT2D eigenvalue weighted by atomic mass is 16.8. The van der Waals surface area contributed by atoms with Crippen LogP contribution in [0, 0.1) is 13.8 Å². The predicted octanol–water partition coefficient (Wildman–Crippen LogP) is 7.51. The molecule has 2 aliphatic heterocycles. The summed E-state index contributed by atoms with van der Waals surface area (Å²) in [5.74, 6) is 1.40. The summed E-state index contributed by atoms with van der Waals surface area (Å²) in [6.07, 6.45) is -0.974. The average molecular weight is 583 g/mol.